The standard InChI is InChI=1S/C20H22ClFN4O3/c21-15(9-23)11-2-1-6-25(7-5-11)19-16(22)8-13-17(27)14(20(28)29)10-26(12-3-4-12)18(13)24-19/h8,10,12H,1-7,9,23H2,(H,28,29). The molecule has 0 aromatic carbocycles. The minimum absolute atomic E-state index is 0.000340. The van der Waals surface area contributed by atoms with Gasteiger partial charge in [-0.25, -0.2) is 14.2 Å². The van der Waals surface area contributed by atoms with Gasteiger partial charge in [0.2, 0.25) is 5.43 Å². The number of anilines is 1. The van der Waals surface area contributed by atoms with Crippen LogP contribution in [0.4, 0.5) is 10.2 Å². The van der Waals surface area contributed by atoms with Crippen LogP contribution in [0.1, 0.15) is 48.5 Å². The normalized spacial score (nSPS) is 19.3. The fraction of sp³-hybridized carbons (Fsp3) is 0.450. The average molecular weight is 421 g/mol. The Labute approximate surface area is 171 Å². The van der Waals surface area contributed by atoms with Crippen molar-refractivity contribution in [1.29, 1.82) is 0 Å². The molecular formula is C20H22ClFN4O3. The third-order valence-electron chi connectivity index (χ3n) is 5.56. The lowest BCUT2D eigenvalue weighted by Crippen LogP contribution is -2.27. The van der Waals surface area contributed by atoms with Crippen molar-refractivity contribution in [3.05, 3.63) is 44.5 Å². The topological polar surface area (TPSA) is 101 Å². The molecule has 3 heterocycles. The van der Waals surface area contributed by atoms with Crippen LogP contribution in [0.25, 0.3) is 11.0 Å². The molecule has 1 aliphatic carbocycles. The lowest BCUT2D eigenvalue weighted by atomic mass is 10.1. The number of nitrogens with zero attached hydrogens (tertiary/aromatic N) is 3. The van der Waals surface area contributed by atoms with Gasteiger partial charge in [0.25, 0.3) is 0 Å². The quantitative estimate of drug-likeness (QED) is 0.788. The molecular weight excluding hydrogens is 399 g/mol. The molecule has 0 spiro atoms. The SMILES string of the molecule is NCC(Cl)=C1CCCN(c2nc3c(cc2F)c(=O)c(C(=O)O)cn3C2CC2)CC1. The summed E-state index contributed by atoms with van der Waals surface area (Å²) in [6.07, 6.45) is 5.35. The summed E-state index contributed by atoms with van der Waals surface area (Å²) >= 11 is 6.20. The Bertz CT molecular complexity index is 1080. The van der Waals surface area contributed by atoms with Crippen LogP contribution in [-0.4, -0.2) is 40.3 Å². The molecule has 3 N–H and O–H groups in total. The van der Waals surface area contributed by atoms with Gasteiger partial charge in [-0.3, -0.25) is 4.79 Å². The Balaban J connectivity index is 1.80. The number of nitrogens with two attached hydrogens (primary N) is 1. The van der Waals surface area contributed by atoms with E-state index in [1.807, 2.05) is 4.90 Å². The molecule has 0 atom stereocenters. The highest BCUT2D eigenvalue weighted by atomic mass is 35.5. The van der Waals surface area contributed by atoms with Crippen molar-refractivity contribution in [3.8, 4) is 0 Å². The maximum Gasteiger partial charge on any atom is 0.341 e. The van der Waals surface area contributed by atoms with E-state index in [0.717, 1.165) is 37.3 Å². The Kier molecular flexibility index (Phi) is 5.31. The van der Waals surface area contributed by atoms with Crippen molar-refractivity contribution in [1.82, 2.24) is 9.55 Å². The van der Waals surface area contributed by atoms with Gasteiger partial charge in [-0.05, 0) is 38.2 Å². The molecule has 7 nitrogen and oxygen atoms in total. The van der Waals surface area contributed by atoms with Gasteiger partial charge in [-0.15, -0.1) is 0 Å². The molecule has 1 saturated carbocycles. The van der Waals surface area contributed by atoms with Gasteiger partial charge in [0.1, 0.15) is 11.2 Å². The minimum Gasteiger partial charge on any atom is -0.477 e. The summed E-state index contributed by atoms with van der Waals surface area (Å²) in [5.74, 6) is -1.77. The molecule has 2 aliphatic rings. The van der Waals surface area contributed by atoms with Gasteiger partial charge in [0, 0.05) is 36.9 Å². The van der Waals surface area contributed by atoms with Gasteiger partial charge in [-0.2, -0.15) is 0 Å². The van der Waals surface area contributed by atoms with Gasteiger partial charge in [0.05, 0.1) is 5.39 Å². The largest absolute Gasteiger partial charge is 0.477 e. The van der Waals surface area contributed by atoms with Crippen LogP contribution >= 0.6 is 11.6 Å². The van der Waals surface area contributed by atoms with Crippen molar-refractivity contribution in [2.75, 3.05) is 24.5 Å². The predicted molar refractivity (Wildman–Crippen MR) is 109 cm³/mol. The number of carboxylic acid groups (broad SMARTS) is 1. The number of hydrogen-bond acceptors (Lipinski definition) is 5. The molecule has 0 radical (unpaired) electrons. The summed E-state index contributed by atoms with van der Waals surface area (Å²) in [6.45, 7) is 1.44. The van der Waals surface area contributed by atoms with Gasteiger partial charge >= 0.3 is 5.97 Å². The second kappa shape index (κ2) is 7.76. The first kappa shape index (κ1) is 19.8. The average Bonchev–Trinajstić information content (AvgIpc) is 3.54. The van der Waals surface area contributed by atoms with Crippen LogP contribution in [0.15, 0.2) is 27.7 Å². The number of fused-ring (bicyclic) bond motifs is 1. The van der Waals surface area contributed by atoms with E-state index in [4.69, 9.17) is 17.3 Å². The van der Waals surface area contributed by atoms with E-state index in [-0.39, 0.29) is 22.8 Å². The summed E-state index contributed by atoms with van der Waals surface area (Å²) in [6, 6.07) is 1.21. The third-order valence-corrected chi connectivity index (χ3v) is 5.98. The monoisotopic (exact) mass is 420 g/mol. The van der Waals surface area contributed by atoms with E-state index in [1.54, 1.807) is 4.57 Å². The van der Waals surface area contributed by atoms with Crippen molar-refractivity contribution in [2.45, 2.75) is 38.1 Å². The third kappa shape index (κ3) is 3.74. The molecule has 1 saturated heterocycles. The number of rotatable bonds is 4. The first-order valence-electron chi connectivity index (χ1n) is 9.70. The molecule has 154 valence electrons. The zero-order valence-corrected chi connectivity index (χ0v) is 16.6. The van der Waals surface area contributed by atoms with Crippen molar-refractivity contribution in [3.63, 3.8) is 0 Å². The molecule has 29 heavy (non-hydrogen) atoms. The number of hydrogen-bond donors (Lipinski definition) is 2. The fourth-order valence-corrected chi connectivity index (χ4v) is 4.05. The highest BCUT2D eigenvalue weighted by molar-refractivity contribution is 6.30. The van der Waals surface area contributed by atoms with Crippen LogP contribution < -0.4 is 16.1 Å². The Morgan fingerprint density at radius 1 is 1.34 bits per heavy atom. The van der Waals surface area contributed by atoms with Gasteiger partial charge in [0.15, 0.2) is 11.6 Å². The number of halogens is 2. The second-order valence-corrected chi connectivity index (χ2v) is 7.99. The Hall–Kier alpha value is -2.45. The fourth-order valence-electron chi connectivity index (χ4n) is 3.86. The number of pyridine rings is 2. The van der Waals surface area contributed by atoms with Crippen molar-refractivity contribution < 1.29 is 14.3 Å². The van der Waals surface area contributed by atoms with Crippen molar-refractivity contribution in [2.24, 2.45) is 5.73 Å². The summed E-state index contributed by atoms with van der Waals surface area (Å²) in [5.41, 5.74) is 5.98. The number of aromatic nitrogens is 2. The number of aromatic carboxylic acids is 1. The zero-order chi connectivity index (χ0) is 20.7. The van der Waals surface area contributed by atoms with Gasteiger partial charge in [-0.1, -0.05) is 17.2 Å². The van der Waals surface area contributed by atoms with Crippen molar-refractivity contribution >= 4 is 34.4 Å². The van der Waals surface area contributed by atoms with E-state index < -0.39 is 17.2 Å². The molecule has 0 amide bonds. The van der Waals surface area contributed by atoms with E-state index in [2.05, 4.69) is 4.98 Å². The van der Waals surface area contributed by atoms with E-state index in [9.17, 15) is 19.1 Å². The first-order chi connectivity index (χ1) is 13.9. The van der Waals surface area contributed by atoms with E-state index >= 15 is 0 Å². The molecule has 2 aromatic rings. The highest BCUT2D eigenvalue weighted by Gasteiger charge is 2.29. The van der Waals surface area contributed by atoms with Crippen LogP contribution in [0.5, 0.6) is 0 Å². The smallest absolute Gasteiger partial charge is 0.341 e. The molecule has 9 heteroatoms. The van der Waals surface area contributed by atoms with Crippen LogP contribution in [0.3, 0.4) is 0 Å². The second-order valence-electron chi connectivity index (χ2n) is 7.53. The molecule has 4 rings (SSSR count). The molecule has 2 fully saturated rings. The number of carboxylic acids is 1. The molecule has 2 aromatic heterocycles. The first-order valence-corrected chi connectivity index (χ1v) is 10.1. The maximum absolute atomic E-state index is 15.0. The summed E-state index contributed by atoms with van der Waals surface area (Å²) in [4.78, 5) is 30.4. The predicted octanol–water partition coefficient (Wildman–Crippen LogP) is 3.01. The Morgan fingerprint density at radius 3 is 2.76 bits per heavy atom. The number of carbonyl (C=O) groups is 1. The van der Waals surface area contributed by atoms with Crippen LogP contribution in [0, 0.1) is 5.82 Å². The lowest BCUT2D eigenvalue weighted by molar-refractivity contribution is 0.0695. The lowest BCUT2D eigenvalue weighted by Gasteiger charge is -2.23. The minimum atomic E-state index is -1.32. The Morgan fingerprint density at radius 2 is 2.10 bits per heavy atom. The molecule has 0 bridgehead atoms. The van der Waals surface area contributed by atoms with Crippen LogP contribution in [-0.2, 0) is 0 Å². The van der Waals surface area contributed by atoms with Gasteiger partial charge < -0.3 is 20.3 Å². The summed E-state index contributed by atoms with van der Waals surface area (Å²) < 4.78 is 16.7. The van der Waals surface area contributed by atoms with E-state index in [0.29, 0.717) is 36.7 Å². The molecule has 0 unspecified atom stereocenters. The zero-order valence-electron chi connectivity index (χ0n) is 15.8. The van der Waals surface area contributed by atoms with E-state index in [1.165, 1.54) is 6.20 Å². The summed E-state index contributed by atoms with van der Waals surface area (Å²) in [5, 5.41) is 10.00. The van der Waals surface area contributed by atoms with Crippen LogP contribution in [0.2, 0.25) is 0 Å². The molecule has 1 aliphatic heterocycles. The highest BCUT2D eigenvalue weighted by Crippen LogP contribution is 2.37. The summed E-state index contributed by atoms with van der Waals surface area (Å²) in [7, 11) is 0. The maximum atomic E-state index is 15.0.